The molecule has 7 nitrogen and oxygen atoms in total. The number of rotatable bonds is 6. The predicted octanol–water partition coefficient (Wildman–Crippen LogP) is 4.27. The van der Waals surface area contributed by atoms with Crippen LogP contribution in [0.4, 0.5) is 0 Å². The van der Waals surface area contributed by atoms with Crippen molar-refractivity contribution in [2.75, 3.05) is 13.7 Å². The summed E-state index contributed by atoms with van der Waals surface area (Å²) in [5.41, 5.74) is 2.29. The van der Waals surface area contributed by atoms with Gasteiger partial charge in [-0.1, -0.05) is 17.2 Å². The van der Waals surface area contributed by atoms with Crippen LogP contribution in [-0.4, -0.2) is 34.8 Å². The highest BCUT2D eigenvalue weighted by Gasteiger charge is 2.34. The molecule has 28 heavy (non-hydrogen) atoms. The first-order valence-electron chi connectivity index (χ1n) is 9.57. The van der Waals surface area contributed by atoms with Crippen molar-refractivity contribution in [3.05, 3.63) is 53.6 Å². The fourth-order valence-electron chi connectivity index (χ4n) is 3.58. The fraction of sp³-hybridized carbons (Fsp3) is 0.381. The molecule has 146 valence electrons. The summed E-state index contributed by atoms with van der Waals surface area (Å²) in [5.74, 6) is 1.68. The minimum absolute atomic E-state index is 0.0867. The van der Waals surface area contributed by atoms with E-state index in [2.05, 4.69) is 17.2 Å². The van der Waals surface area contributed by atoms with Crippen molar-refractivity contribution in [2.24, 2.45) is 0 Å². The van der Waals surface area contributed by atoms with Gasteiger partial charge in [-0.25, -0.2) is 0 Å². The van der Waals surface area contributed by atoms with Crippen LogP contribution >= 0.6 is 0 Å². The van der Waals surface area contributed by atoms with Crippen LogP contribution in [0.25, 0.3) is 11.3 Å². The fourth-order valence-corrected chi connectivity index (χ4v) is 3.58. The summed E-state index contributed by atoms with van der Waals surface area (Å²) in [6, 6.07) is 11.0. The molecule has 3 aromatic rings. The Hall–Kier alpha value is -3.09. The third-order valence-electron chi connectivity index (χ3n) is 5.04. The van der Waals surface area contributed by atoms with Gasteiger partial charge in [0.15, 0.2) is 0 Å². The van der Waals surface area contributed by atoms with Gasteiger partial charge in [-0.2, -0.15) is 0 Å². The van der Waals surface area contributed by atoms with Gasteiger partial charge in [0, 0.05) is 30.7 Å². The van der Waals surface area contributed by atoms with Gasteiger partial charge in [0.25, 0.3) is 5.91 Å². The van der Waals surface area contributed by atoms with Crippen LogP contribution in [0, 0.1) is 0 Å². The molecule has 1 fully saturated rings. The second-order valence-electron chi connectivity index (χ2n) is 6.93. The Bertz CT molecular complexity index is 945. The van der Waals surface area contributed by atoms with Crippen LogP contribution in [0.5, 0.6) is 5.75 Å². The third-order valence-corrected chi connectivity index (χ3v) is 5.04. The lowest BCUT2D eigenvalue weighted by atomic mass is 10.1. The summed E-state index contributed by atoms with van der Waals surface area (Å²) in [7, 11) is 1.62. The second kappa shape index (κ2) is 7.88. The van der Waals surface area contributed by atoms with E-state index in [-0.39, 0.29) is 17.7 Å². The van der Waals surface area contributed by atoms with Gasteiger partial charge in [-0.3, -0.25) is 4.79 Å². The molecule has 4 rings (SSSR count). The molecule has 7 heteroatoms. The molecule has 0 spiro atoms. The van der Waals surface area contributed by atoms with E-state index in [0.717, 1.165) is 48.5 Å². The lowest BCUT2D eigenvalue weighted by Crippen LogP contribution is -2.30. The number of benzene rings is 1. The van der Waals surface area contributed by atoms with E-state index < -0.39 is 0 Å². The van der Waals surface area contributed by atoms with Crippen LogP contribution in [-0.2, 0) is 6.42 Å². The molecule has 3 heterocycles. The summed E-state index contributed by atoms with van der Waals surface area (Å²) in [6.07, 6.45) is 3.63. The largest absolute Gasteiger partial charge is 0.497 e. The van der Waals surface area contributed by atoms with Crippen LogP contribution in [0.15, 0.2) is 45.4 Å². The molecule has 0 radical (unpaired) electrons. The first-order chi connectivity index (χ1) is 13.7. The first-order valence-corrected chi connectivity index (χ1v) is 9.57. The summed E-state index contributed by atoms with van der Waals surface area (Å²) < 4.78 is 15.9. The number of amides is 1. The van der Waals surface area contributed by atoms with Gasteiger partial charge >= 0.3 is 0 Å². The minimum atomic E-state index is -0.171. The number of carbonyl (C=O) groups is 1. The van der Waals surface area contributed by atoms with Gasteiger partial charge in [-0.15, -0.1) is 0 Å². The first kappa shape index (κ1) is 18.3. The summed E-state index contributed by atoms with van der Waals surface area (Å²) >= 11 is 0. The highest BCUT2D eigenvalue weighted by Crippen LogP contribution is 2.33. The van der Waals surface area contributed by atoms with Crippen molar-refractivity contribution in [3.8, 4) is 17.0 Å². The van der Waals surface area contributed by atoms with E-state index in [0.29, 0.717) is 12.2 Å². The normalized spacial score (nSPS) is 16.5. The minimum Gasteiger partial charge on any atom is -0.497 e. The smallest absolute Gasteiger partial charge is 0.293 e. The molecule has 1 amide bonds. The summed E-state index contributed by atoms with van der Waals surface area (Å²) in [4.78, 5) is 14.8. The van der Waals surface area contributed by atoms with E-state index >= 15 is 0 Å². The number of aryl methyl sites for hydroxylation is 1. The van der Waals surface area contributed by atoms with Crippen LogP contribution in [0.3, 0.4) is 0 Å². The van der Waals surface area contributed by atoms with E-state index in [1.807, 2.05) is 30.3 Å². The average molecular weight is 381 g/mol. The van der Waals surface area contributed by atoms with Gasteiger partial charge in [0.05, 0.1) is 13.2 Å². The molecule has 2 aromatic heterocycles. The van der Waals surface area contributed by atoms with Crippen LogP contribution < -0.4 is 4.74 Å². The second-order valence-corrected chi connectivity index (χ2v) is 6.93. The Kier molecular flexibility index (Phi) is 5.14. The number of ether oxygens (including phenoxy) is 1. The van der Waals surface area contributed by atoms with Crippen LogP contribution in [0.2, 0.25) is 0 Å². The SMILES string of the molecule is CCCc1cc(C2CCCN2C(=O)c2cc(-c3ccc(OC)cc3)no2)no1. The zero-order valence-electron chi connectivity index (χ0n) is 16.1. The Balaban J connectivity index is 1.52. The Morgan fingerprint density at radius 2 is 2.04 bits per heavy atom. The predicted molar refractivity (Wildman–Crippen MR) is 102 cm³/mol. The highest BCUT2D eigenvalue weighted by atomic mass is 16.5. The molecule has 0 aliphatic carbocycles. The Morgan fingerprint density at radius 1 is 1.21 bits per heavy atom. The van der Waals surface area contributed by atoms with E-state index in [1.165, 1.54) is 0 Å². The molecular formula is C21H23N3O4. The van der Waals surface area contributed by atoms with Crippen molar-refractivity contribution in [1.82, 2.24) is 15.2 Å². The summed E-state index contributed by atoms with van der Waals surface area (Å²) in [5, 5.41) is 8.25. The van der Waals surface area contributed by atoms with Gasteiger partial charge in [-0.05, 0) is 43.5 Å². The number of hydrogen-bond donors (Lipinski definition) is 0. The lowest BCUT2D eigenvalue weighted by molar-refractivity contribution is 0.0688. The van der Waals surface area contributed by atoms with Crippen LogP contribution in [0.1, 0.15) is 54.2 Å². The zero-order valence-corrected chi connectivity index (χ0v) is 16.1. The maximum Gasteiger partial charge on any atom is 0.293 e. The molecule has 0 bridgehead atoms. The number of hydrogen-bond acceptors (Lipinski definition) is 6. The molecule has 1 saturated heterocycles. The molecule has 1 unspecified atom stereocenters. The number of nitrogens with zero attached hydrogens (tertiary/aromatic N) is 3. The standard InChI is InChI=1S/C21H23N3O4/c1-3-5-16-12-18(23-27-16)19-6-4-11-24(19)21(25)20-13-17(22-28-20)14-7-9-15(26-2)10-8-14/h7-10,12-13,19H,3-6,11H2,1-2H3. The van der Waals surface area contributed by atoms with Crippen molar-refractivity contribution < 1.29 is 18.6 Å². The topological polar surface area (TPSA) is 81.6 Å². The molecule has 0 N–H and O–H groups in total. The molecule has 1 atom stereocenters. The summed E-state index contributed by atoms with van der Waals surface area (Å²) in [6.45, 7) is 2.76. The number of carbonyl (C=O) groups excluding carboxylic acids is 1. The third kappa shape index (κ3) is 3.52. The van der Waals surface area contributed by atoms with Crippen molar-refractivity contribution in [1.29, 1.82) is 0 Å². The monoisotopic (exact) mass is 381 g/mol. The van der Waals surface area contributed by atoms with Crippen molar-refractivity contribution >= 4 is 5.91 Å². The number of likely N-dealkylation sites (tertiary alicyclic amines) is 1. The van der Waals surface area contributed by atoms with Gasteiger partial charge < -0.3 is 18.7 Å². The van der Waals surface area contributed by atoms with Gasteiger partial charge in [0.1, 0.15) is 22.9 Å². The van der Waals surface area contributed by atoms with Gasteiger partial charge in [0.2, 0.25) is 5.76 Å². The number of aromatic nitrogens is 2. The Labute approximate surface area is 163 Å². The molecule has 0 saturated carbocycles. The van der Waals surface area contributed by atoms with E-state index in [1.54, 1.807) is 18.1 Å². The maximum absolute atomic E-state index is 13.0. The Morgan fingerprint density at radius 3 is 2.79 bits per heavy atom. The van der Waals surface area contributed by atoms with E-state index in [4.69, 9.17) is 13.8 Å². The quantitative estimate of drug-likeness (QED) is 0.634. The van der Waals surface area contributed by atoms with E-state index in [9.17, 15) is 4.79 Å². The molecule has 1 aliphatic heterocycles. The zero-order chi connectivity index (χ0) is 19.5. The molecule has 1 aliphatic rings. The lowest BCUT2D eigenvalue weighted by Gasteiger charge is -2.21. The number of methoxy groups -OCH3 is 1. The maximum atomic E-state index is 13.0. The average Bonchev–Trinajstić information content (AvgIpc) is 3.47. The van der Waals surface area contributed by atoms with Crippen molar-refractivity contribution in [3.63, 3.8) is 0 Å². The highest BCUT2D eigenvalue weighted by molar-refractivity contribution is 5.93. The molecule has 1 aromatic carbocycles. The molecular weight excluding hydrogens is 358 g/mol. The van der Waals surface area contributed by atoms with Crippen molar-refractivity contribution in [2.45, 2.75) is 38.6 Å².